The Balaban J connectivity index is 2.22. The summed E-state index contributed by atoms with van der Waals surface area (Å²) in [4.78, 5) is 13.2. The summed E-state index contributed by atoms with van der Waals surface area (Å²) in [5.74, 6) is -1.84. The molecule has 2 unspecified atom stereocenters. The minimum Gasteiger partial charge on any atom is -0.334 e. The number of nitrogens with zero attached hydrogens (tertiary/aromatic N) is 1. The van der Waals surface area contributed by atoms with Crippen molar-refractivity contribution in [1.29, 1.82) is 0 Å². The number of carbonyl (C=O) groups is 1. The van der Waals surface area contributed by atoms with E-state index in [1.165, 1.54) is 6.07 Å². The summed E-state index contributed by atoms with van der Waals surface area (Å²) in [5, 5.41) is -0.199. The van der Waals surface area contributed by atoms with Gasteiger partial charge in [0, 0.05) is 13.0 Å². The van der Waals surface area contributed by atoms with Gasteiger partial charge in [-0.3, -0.25) is 4.79 Å². The Morgan fingerprint density at radius 1 is 1.41 bits per heavy atom. The monoisotopic (exact) mass is 259 g/mol. The first kappa shape index (κ1) is 12.3. The van der Waals surface area contributed by atoms with Gasteiger partial charge in [-0.1, -0.05) is 6.07 Å². The van der Waals surface area contributed by atoms with Crippen LogP contribution in [0.1, 0.15) is 24.9 Å². The number of benzene rings is 1. The molecular weight excluding hydrogens is 248 g/mol. The van der Waals surface area contributed by atoms with Crippen molar-refractivity contribution in [2.24, 2.45) is 0 Å². The van der Waals surface area contributed by atoms with Crippen LogP contribution >= 0.6 is 11.6 Å². The molecule has 0 bridgehead atoms. The Hall–Kier alpha value is -1.16. The van der Waals surface area contributed by atoms with Crippen LogP contribution in [0.15, 0.2) is 18.2 Å². The van der Waals surface area contributed by atoms with Gasteiger partial charge >= 0.3 is 0 Å². The third-order valence-electron chi connectivity index (χ3n) is 3.00. The molecule has 1 aromatic rings. The maximum atomic E-state index is 13.1. The number of likely N-dealkylation sites (tertiary alicyclic amines) is 1. The van der Waals surface area contributed by atoms with Gasteiger partial charge in [-0.15, -0.1) is 11.6 Å². The van der Waals surface area contributed by atoms with Crippen molar-refractivity contribution >= 4 is 17.5 Å². The zero-order valence-electron chi connectivity index (χ0n) is 9.29. The van der Waals surface area contributed by atoms with E-state index in [0.717, 1.165) is 12.1 Å². The van der Waals surface area contributed by atoms with E-state index < -0.39 is 11.6 Å². The van der Waals surface area contributed by atoms with E-state index in [-0.39, 0.29) is 17.3 Å². The van der Waals surface area contributed by atoms with Gasteiger partial charge in [0.25, 0.3) is 0 Å². The van der Waals surface area contributed by atoms with Crippen molar-refractivity contribution in [3.63, 3.8) is 0 Å². The van der Waals surface area contributed by atoms with Crippen molar-refractivity contribution in [2.75, 3.05) is 6.54 Å². The van der Waals surface area contributed by atoms with Gasteiger partial charge in [-0.25, -0.2) is 8.78 Å². The van der Waals surface area contributed by atoms with Crippen LogP contribution in [0, 0.1) is 11.6 Å². The lowest BCUT2D eigenvalue weighted by Gasteiger charge is -2.24. The molecule has 0 N–H and O–H groups in total. The summed E-state index contributed by atoms with van der Waals surface area (Å²) >= 11 is 5.89. The fourth-order valence-electron chi connectivity index (χ4n) is 2.01. The molecule has 1 aliphatic rings. The largest absolute Gasteiger partial charge is 0.334 e. The summed E-state index contributed by atoms with van der Waals surface area (Å²) in [6, 6.07) is 3.38. The molecule has 92 valence electrons. The highest BCUT2D eigenvalue weighted by molar-refractivity contribution is 6.22. The molecule has 1 heterocycles. The Bertz CT molecular complexity index is 452. The highest BCUT2D eigenvalue weighted by atomic mass is 35.5. The molecule has 2 nitrogen and oxygen atoms in total. The maximum absolute atomic E-state index is 13.1. The van der Waals surface area contributed by atoms with Gasteiger partial charge in [-0.05, 0) is 24.6 Å². The molecule has 0 radical (unpaired) electrons. The Morgan fingerprint density at radius 2 is 2.12 bits per heavy atom. The summed E-state index contributed by atoms with van der Waals surface area (Å²) in [6.07, 6.45) is 0.301. The van der Waals surface area contributed by atoms with Crippen LogP contribution in [-0.2, 0) is 4.79 Å². The molecule has 17 heavy (non-hydrogen) atoms. The van der Waals surface area contributed by atoms with Crippen LogP contribution in [0.4, 0.5) is 8.78 Å². The number of rotatable bonds is 2. The average Bonchev–Trinajstić information content (AvgIpc) is 2.61. The zero-order chi connectivity index (χ0) is 12.6. The highest BCUT2D eigenvalue weighted by Crippen LogP contribution is 2.28. The molecule has 0 saturated carbocycles. The van der Waals surface area contributed by atoms with E-state index in [9.17, 15) is 13.6 Å². The third kappa shape index (κ3) is 2.41. The van der Waals surface area contributed by atoms with E-state index in [0.29, 0.717) is 18.5 Å². The fraction of sp³-hybridized carbons (Fsp3) is 0.417. The summed E-state index contributed by atoms with van der Waals surface area (Å²) in [7, 11) is 0. The smallest absolute Gasteiger partial charge is 0.224 e. The summed E-state index contributed by atoms with van der Waals surface area (Å²) < 4.78 is 25.9. The first-order chi connectivity index (χ1) is 7.99. The molecule has 2 rings (SSSR count). The first-order valence-electron chi connectivity index (χ1n) is 5.37. The van der Waals surface area contributed by atoms with Crippen LogP contribution in [-0.4, -0.2) is 22.7 Å². The Labute approximate surface area is 103 Å². The number of hydrogen-bond donors (Lipinski definition) is 0. The Morgan fingerprint density at radius 3 is 2.65 bits per heavy atom. The average molecular weight is 260 g/mol. The topological polar surface area (TPSA) is 20.3 Å². The molecule has 0 spiro atoms. The third-order valence-corrected chi connectivity index (χ3v) is 3.30. The van der Waals surface area contributed by atoms with E-state index in [1.807, 2.05) is 0 Å². The fourth-order valence-corrected chi connectivity index (χ4v) is 2.29. The molecule has 1 aliphatic heterocycles. The van der Waals surface area contributed by atoms with Crippen LogP contribution in [0.3, 0.4) is 0 Å². The van der Waals surface area contributed by atoms with E-state index in [4.69, 9.17) is 11.6 Å². The minimum atomic E-state index is -0.900. The van der Waals surface area contributed by atoms with Crippen molar-refractivity contribution < 1.29 is 13.6 Å². The molecular formula is C12H12ClF2NO. The number of halogens is 3. The maximum Gasteiger partial charge on any atom is 0.224 e. The van der Waals surface area contributed by atoms with E-state index in [2.05, 4.69) is 0 Å². The van der Waals surface area contributed by atoms with Gasteiger partial charge < -0.3 is 4.90 Å². The van der Waals surface area contributed by atoms with Crippen molar-refractivity contribution in [3.05, 3.63) is 35.4 Å². The van der Waals surface area contributed by atoms with Crippen LogP contribution in [0.2, 0.25) is 0 Å². The number of amides is 1. The highest BCUT2D eigenvalue weighted by Gasteiger charge is 2.32. The number of hydrogen-bond acceptors (Lipinski definition) is 1. The standard InChI is InChI=1S/C12H12ClF2NO/c1-7(16-6-9(13)5-12(16)17)8-2-3-10(14)11(15)4-8/h2-4,7,9H,5-6H2,1H3. The van der Waals surface area contributed by atoms with Gasteiger partial charge in [-0.2, -0.15) is 0 Å². The lowest BCUT2D eigenvalue weighted by molar-refractivity contribution is -0.129. The minimum absolute atomic E-state index is 0.0535. The molecule has 1 saturated heterocycles. The molecule has 0 aliphatic carbocycles. The quantitative estimate of drug-likeness (QED) is 0.748. The van der Waals surface area contributed by atoms with Gasteiger partial charge in [0.05, 0.1) is 11.4 Å². The number of carbonyl (C=O) groups excluding carboxylic acids is 1. The van der Waals surface area contributed by atoms with Gasteiger partial charge in [0.15, 0.2) is 11.6 Å². The Kier molecular flexibility index (Phi) is 3.33. The van der Waals surface area contributed by atoms with Gasteiger partial charge in [0.1, 0.15) is 0 Å². The van der Waals surface area contributed by atoms with Crippen LogP contribution in [0.25, 0.3) is 0 Å². The normalized spacial score (nSPS) is 22.0. The second-order valence-electron chi connectivity index (χ2n) is 4.20. The zero-order valence-corrected chi connectivity index (χ0v) is 10.0. The SMILES string of the molecule is CC(c1ccc(F)c(F)c1)N1CC(Cl)CC1=O. The molecule has 1 fully saturated rings. The van der Waals surface area contributed by atoms with Crippen molar-refractivity contribution in [1.82, 2.24) is 4.90 Å². The van der Waals surface area contributed by atoms with Crippen molar-refractivity contribution in [3.8, 4) is 0 Å². The summed E-state index contributed by atoms with van der Waals surface area (Å²) in [5.41, 5.74) is 0.572. The predicted molar refractivity (Wildman–Crippen MR) is 60.7 cm³/mol. The lowest BCUT2D eigenvalue weighted by atomic mass is 10.1. The second kappa shape index (κ2) is 4.61. The van der Waals surface area contributed by atoms with E-state index in [1.54, 1.807) is 11.8 Å². The molecule has 5 heteroatoms. The second-order valence-corrected chi connectivity index (χ2v) is 4.81. The van der Waals surface area contributed by atoms with E-state index >= 15 is 0 Å². The first-order valence-corrected chi connectivity index (χ1v) is 5.81. The molecule has 1 amide bonds. The molecule has 2 atom stereocenters. The number of alkyl halides is 1. The van der Waals surface area contributed by atoms with Crippen molar-refractivity contribution in [2.45, 2.75) is 24.8 Å². The summed E-state index contributed by atoms with van der Waals surface area (Å²) in [6.45, 7) is 2.22. The molecule has 0 aromatic heterocycles. The van der Waals surface area contributed by atoms with Gasteiger partial charge in [0.2, 0.25) is 5.91 Å². The van der Waals surface area contributed by atoms with Crippen LogP contribution in [0.5, 0.6) is 0 Å². The predicted octanol–water partition coefficient (Wildman–Crippen LogP) is 2.87. The lowest BCUT2D eigenvalue weighted by Crippen LogP contribution is -2.28. The molecule has 1 aromatic carbocycles. The van der Waals surface area contributed by atoms with Crippen LogP contribution < -0.4 is 0 Å².